The van der Waals surface area contributed by atoms with Crippen LogP contribution in [0.2, 0.25) is 5.02 Å². The number of piperidine rings is 1. The van der Waals surface area contributed by atoms with Crippen molar-refractivity contribution in [3.8, 4) is 0 Å². The maximum Gasteiger partial charge on any atom is 0.187 e. The highest BCUT2D eigenvalue weighted by molar-refractivity contribution is 6.30. The number of halogens is 1. The Hall–Kier alpha value is -1.28. The van der Waals surface area contributed by atoms with Gasteiger partial charge in [0.2, 0.25) is 0 Å². The molecule has 0 N–H and O–H groups in total. The van der Waals surface area contributed by atoms with Gasteiger partial charge in [-0.3, -0.25) is 4.79 Å². The summed E-state index contributed by atoms with van der Waals surface area (Å²) >= 11 is 5.81. The molecule has 2 rings (SSSR count). The van der Waals surface area contributed by atoms with Gasteiger partial charge in [0.15, 0.2) is 5.78 Å². The lowest BCUT2D eigenvalue weighted by Gasteiger charge is -2.29. The molecule has 96 valence electrons. The molecule has 1 saturated heterocycles. The quantitative estimate of drug-likeness (QED) is 0.609. The van der Waals surface area contributed by atoms with E-state index in [0.29, 0.717) is 10.6 Å². The van der Waals surface area contributed by atoms with Crippen molar-refractivity contribution in [1.82, 2.24) is 4.90 Å². The Morgan fingerprint density at radius 2 is 1.78 bits per heavy atom. The number of carbonyl (C=O) groups is 1. The minimum absolute atomic E-state index is 0.0507. The lowest BCUT2D eigenvalue weighted by atomic mass is 10.1. The minimum Gasteiger partial charge on any atom is -0.375 e. The molecule has 18 heavy (non-hydrogen) atoms. The first-order chi connectivity index (χ1) is 8.66. The maximum atomic E-state index is 12.1. The van der Waals surface area contributed by atoms with Crippen LogP contribution in [0.25, 0.3) is 0 Å². The first kappa shape index (κ1) is 13.2. The van der Waals surface area contributed by atoms with E-state index in [-0.39, 0.29) is 5.78 Å². The Bertz CT molecular complexity index is 444. The van der Waals surface area contributed by atoms with Gasteiger partial charge in [-0.25, -0.2) is 0 Å². The average molecular weight is 264 g/mol. The predicted molar refractivity (Wildman–Crippen MR) is 75.0 cm³/mol. The number of likely N-dealkylation sites (tertiary alicyclic amines) is 1. The second-order valence-corrected chi connectivity index (χ2v) is 5.14. The summed E-state index contributed by atoms with van der Waals surface area (Å²) in [5.41, 5.74) is 1.76. The highest BCUT2D eigenvalue weighted by Crippen LogP contribution is 2.16. The number of ketones is 1. The molecular formula is C15H18ClNO. The third-order valence-corrected chi connectivity index (χ3v) is 3.58. The van der Waals surface area contributed by atoms with Crippen molar-refractivity contribution in [3.63, 3.8) is 0 Å². The smallest absolute Gasteiger partial charge is 0.187 e. The van der Waals surface area contributed by atoms with Crippen LogP contribution < -0.4 is 0 Å². The molecule has 2 nitrogen and oxygen atoms in total. The van der Waals surface area contributed by atoms with Gasteiger partial charge in [0.25, 0.3) is 0 Å². The van der Waals surface area contributed by atoms with E-state index >= 15 is 0 Å². The van der Waals surface area contributed by atoms with Crippen LogP contribution in [-0.2, 0) is 0 Å². The fourth-order valence-corrected chi connectivity index (χ4v) is 2.35. The summed E-state index contributed by atoms with van der Waals surface area (Å²) in [5, 5.41) is 0.656. The van der Waals surface area contributed by atoms with E-state index in [1.807, 2.05) is 6.92 Å². The van der Waals surface area contributed by atoms with Crippen LogP contribution in [0.4, 0.5) is 0 Å². The van der Waals surface area contributed by atoms with E-state index in [0.717, 1.165) is 18.8 Å². The molecule has 1 aromatic carbocycles. The molecule has 1 aliphatic rings. The highest BCUT2D eigenvalue weighted by Gasteiger charge is 2.11. The van der Waals surface area contributed by atoms with E-state index in [1.54, 1.807) is 30.3 Å². The third-order valence-electron chi connectivity index (χ3n) is 3.32. The normalized spacial score (nSPS) is 16.8. The van der Waals surface area contributed by atoms with Crippen LogP contribution in [0, 0.1) is 0 Å². The van der Waals surface area contributed by atoms with Crippen LogP contribution in [0.3, 0.4) is 0 Å². The molecule has 1 fully saturated rings. The van der Waals surface area contributed by atoms with E-state index in [2.05, 4.69) is 4.90 Å². The summed E-state index contributed by atoms with van der Waals surface area (Å²) in [6, 6.07) is 7.03. The number of hydrogen-bond donors (Lipinski definition) is 0. The van der Waals surface area contributed by atoms with Crippen molar-refractivity contribution in [2.45, 2.75) is 26.2 Å². The molecule has 0 saturated carbocycles. The standard InChI is InChI=1S/C15H18ClNO/c1-12(17-9-3-2-4-10-17)11-15(18)13-5-7-14(16)8-6-13/h5-8,11H,2-4,9-10H2,1H3. The van der Waals surface area contributed by atoms with E-state index in [1.165, 1.54) is 19.3 Å². The fourth-order valence-electron chi connectivity index (χ4n) is 2.23. The number of rotatable bonds is 3. The SMILES string of the molecule is CC(=CC(=O)c1ccc(Cl)cc1)N1CCCCC1. The van der Waals surface area contributed by atoms with Crippen molar-refractivity contribution in [1.29, 1.82) is 0 Å². The number of allylic oxidation sites excluding steroid dienone is 2. The number of hydrogen-bond acceptors (Lipinski definition) is 2. The van der Waals surface area contributed by atoms with Gasteiger partial charge in [-0.15, -0.1) is 0 Å². The molecule has 1 aliphatic heterocycles. The molecular weight excluding hydrogens is 246 g/mol. The summed E-state index contributed by atoms with van der Waals surface area (Å²) in [6.45, 7) is 4.14. The third kappa shape index (κ3) is 3.36. The largest absolute Gasteiger partial charge is 0.375 e. The van der Waals surface area contributed by atoms with Crippen LogP contribution in [0.15, 0.2) is 36.0 Å². The number of benzene rings is 1. The van der Waals surface area contributed by atoms with Gasteiger partial charge in [0.05, 0.1) is 0 Å². The molecule has 1 heterocycles. The molecule has 3 heteroatoms. The zero-order valence-corrected chi connectivity index (χ0v) is 11.4. The molecule has 0 atom stereocenters. The Morgan fingerprint density at radius 1 is 1.17 bits per heavy atom. The van der Waals surface area contributed by atoms with Crippen LogP contribution >= 0.6 is 11.6 Å². The lowest BCUT2D eigenvalue weighted by Crippen LogP contribution is -2.28. The van der Waals surface area contributed by atoms with Gasteiger partial charge in [-0.2, -0.15) is 0 Å². The first-order valence-electron chi connectivity index (χ1n) is 6.40. The molecule has 1 aromatic rings. The Morgan fingerprint density at radius 3 is 2.39 bits per heavy atom. The van der Waals surface area contributed by atoms with Crippen LogP contribution in [-0.4, -0.2) is 23.8 Å². The topological polar surface area (TPSA) is 20.3 Å². The summed E-state index contributed by atoms with van der Waals surface area (Å²) in [6.07, 6.45) is 5.48. The zero-order chi connectivity index (χ0) is 13.0. The molecule has 0 bridgehead atoms. The van der Waals surface area contributed by atoms with Crippen LogP contribution in [0.1, 0.15) is 36.5 Å². The van der Waals surface area contributed by atoms with Gasteiger partial charge in [-0.05, 0) is 50.5 Å². The monoisotopic (exact) mass is 263 g/mol. The van der Waals surface area contributed by atoms with Crippen molar-refractivity contribution in [3.05, 3.63) is 46.6 Å². The fraction of sp³-hybridized carbons (Fsp3) is 0.400. The second kappa shape index (κ2) is 6.05. The van der Waals surface area contributed by atoms with Gasteiger partial charge in [-0.1, -0.05) is 11.6 Å². The van der Waals surface area contributed by atoms with Crippen molar-refractivity contribution < 1.29 is 4.79 Å². The second-order valence-electron chi connectivity index (χ2n) is 4.70. The summed E-state index contributed by atoms with van der Waals surface area (Å²) < 4.78 is 0. The molecule has 0 unspecified atom stereocenters. The Labute approximate surface area is 113 Å². The molecule has 0 radical (unpaired) electrons. The molecule has 0 amide bonds. The Balaban J connectivity index is 2.06. The van der Waals surface area contributed by atoms with Crippen molar-refractivity contribution in [2.24, 2.45) is 0 Å². The Kier molecular flexibility index (Phi) is 4.43. The van der Waals surface area contributed by atoms with Gasteiger partial charge >= 0.3 is 0 Å². The van der Waals surface area contributed by atoms with Gasteiger partial charge in [0.1, 0.15) is 0 Å². The van der Waals surface area contributed by atoms with Crippen molar-refractivity contribution in [2.75, 3.05) is 13.1 Å². The van der Waals surface area contributed by atoms with E-state index in [4.69, 9.17) is 11.6 Å². The van der Waals surface area contributed by atoms with Crippen molar-refractivity contribution >= 4 is 17.4 Å². The van der Waals surface area contributed by atoms with E-state index in [9.17, 15) is 4.79 Å². The minimum atomic E-state index is 0.0507. The molecule has 0 aromatic heterocycles. The zero-order valence-electron chi connectivity index (χ0n) is 10.7. The lowest BCUT2D eigenvalue weighted by molar-refractivity contribution is 0.104. The van der Waals surface area contributed by atoms with Gasteiger partial charge in [0, 0.05) is 35.4 Å². The van der Waals surface area contributed by atoms with Gasteiger partial charge < -0.3 is 4.90 Å². The van der Waals surface area contributed by atoms with E-state index < -0.39 is 0 Å². The maximum absolute atomic E-state index is 12.1. The molecule has 0 spiro atoms. The molecule has 0 aliphatic carbocycles. The number of nitrogens with zero attached hydrogens (tertiary/aromatic N) is 1. The number of carbonyl (C=O) groups excluding carboxylic acids is 1. The van der Waals surface area contributed by atoms with Crippen LogP contribution in [0.5, 0.6) is 0 Å². The average Bonchev–Trinajstić information content (AvgIpc) is 2.40. The highest BCUT2D eigenvalue weighted by atomic mass is 35.5. The summed E-state index contributed by atoms with van der Waals surface area (Å²) in [5.74, 6) is 0.0507. The first-order valence-corrected chi connectivity index (χ1v) is 6.78. The predicted octanol–water partition coefficient (Wildman–Crippen LogP) is 3.91. The summed E-state index contributed by atoms with van der Waals surface area (Å²) in [7, 11) is 0. The summed E-state index contributed by atoms with van der Waals surface area (Å²) in [4.78, 5) is 14.4.